The summed E-state index contributed by atoms with van der Waals surface area (Å²) >= 11 is 6.21. The van der Waals surface area contributed by atoms with Gasteiger partial charge >= 0.3 is 0 Å². The zero-order valence-corrected chi connectivity index (χ0v) is 13.5. The Balaban J connectivity index is 2.27. The predicted molar refractivity (Wildman–Crippen MR) is 85.8 cm³/mol. The van der Waals surface area contributed by atoms with Crippen LogP contribution in [0.25, 0.3) is 0 Å². The summed E-state index contributed by atoms with van der Waals surface area (Å²) in [7, 11) is 1.75. The molecule has 2 rings (SSSR count). The second kappa shape index (κ2) is 7.33. The number of nitrogens with one attached hydrogen (secondary N) is 1. The van der Waals surface area contributed by atoms with Crippen molar-refractivity contribution in [3.05, 3.63) is 28.8 Å². The van der Waals surface area contributed by atoms with Gasteiger partial charge in [0.2, 0.25) is 0 Å². The summed E-state index contributed by atoms with van der Waals surface area (Å²) in [6.07, 6.45) is 3.84. The Labute approximate surface area is 127 Å². The Morgan fingerprint density at radius 3 is 2.85 bits per heavy atom. The molecule has 0 bridgehead atoms. The highest BCUT2D eigenvalue weighted by atomic mass is 35.5. The third kappa shape index (κ3) is 3.67. The molecular weight excluding hydrogens is 270 g/mol. The molecule has 2 nitrogen and oxygen atoms in total. The lowest BCUT2D eigenvalue weighted by molar-refractivity contribution is 0.238. The van der Waals surface area contributed by atoms with E-state index in [1.165, 1.54) is 24.8 Å². The van der Waals surface area contributed by atoms with Gasteiger partial charge in [0, 0.05) is 5.02 Å². The molecule has 1 aliphatic carbocycles. The maximum absolute atomic E-state index is 6.21. The average Bonchev–Trinajstić information content (AvgIpc) is 2.46. The maximum atomic E-state index is 6.21. The Bertz CT molecular complexity index is 433. The van der Waals surface area contributed by atoms with E-state index in [2.05, 4.69) is 25.2 Å². The first-order valence-corrected chi connectivity index (χ1v) is 8.07. The monoisotopic (exact) mass is 295 g/mol. The summed E-state index contributed by atoms with van der Waals surface area (Å²) in [6.45, 7) is 6.64. The fourth-order valence-electron chi connectivity index (χ4n) is 3.39. The van der Waals surface area contributed by atoms with E-state index < -0.39 is 0 Å². The number of rotatable bonds is 5. The highest BCUT2D eigenvalue weighted by molar-refractivity contribution is 6.30. The van der Waals surface area contributed by atoms with Crippen molar-refractivity contribution in [3.63, 3.8) is 0 Å². The highest BCUT2D eigenvalue weighted by Crippen LogP contribution is 2.44. The molecule has 0 aromatic heterocycles. The molecule has 0 heterocycles. The topological polar surface area (TPSA) is 21.3 Å². The molecule has 0 spiro atoms. The molecule has 1 N–H and O–H groups in total. The zero-order chi connectivity index (χ0) is 14.5. The van der Waals surface area contributed by atoms with Gasteiger partial charge in [0.1, 0.15) is 5.75 Å². The van der Waals surface area contributed by atoms with Gasteiger partial charge in [-0.2, -0.15) is 0 Å². The first-order chi connectivity index (χ1) is 9.65. The molecule has 1 aromatic carbocycles. The van der Waals surface area contributed by atoms with Crippen LogP contribution in [0.4, 0.5) is 0 Å². The van der Waals surface area contributed by atoms with Crippen molar-refractivity contribution in [2.45, 2.75) is 39.0 Å². The van der Waals surface area contributed by atoms with Crippen LogP contribution in [-0.4, -0.2) is 20.2 Å². The molecule has 0 saturated heterocycles. The van der Waals surface area contributed by atoms with Gasteiger partial charge in [0.25, 0.3) is 0 Å². The lowest BCUT2D eigenvalue weighted by atomic mass is 9.71. The second-order valence-corrected chi connectivity index (χ2v) is 6.42. The van der Waals surface area contributed by atoms with Crippen molar-refractivity contribution < 1.29 is 4.74 Å². The third-order valence-electron chi connectivity index (χ3n) is 4.50. The van der Waals surface area contributed by atoms with Gasteiger partial charge in [-0.15, -0.1) is 0 Å². The van der Waals surface area contributed by atoms with Crippen LogP contribution in [0.2, 0.25) is 5.02 Å². The minimum absolute atomic E-state index is 0.548. The van der Waals surface area contributed by atoms with Crippen molar-refractivity contribution in [1.82, 2.24) is 5.32 Å². The van der Waals surface area contributed by atoms with E-state index in [1.54, 1.807) is 7.11 Å². The minimum Gasteiger partial charge on any atom is -0.496 e. The quantitative estimate of drug-likeness (QED) is 0.865. The molecule has 0 amide bonds. The number of hydrogen-bond acceptors (Lipinski definition) is 2. The normalized spacial score (nSPS) is 26.5. The van der Waals surface area contributed by atoms with E-state index in [4.69, 9.17) is 16.3 Å². The molecule has 3 unspecified atom stereocenters. The molecular formula is C17H26ClNO. The number of benzene rings is 1. The van der Waals surface area contributed by atoms with Crippen LogP contribution in [0.5, 0.6) is 5.75 Å². The van der Waals surface area contributed by atoms with Crippen molar-refractivity contribution in [3.8, 4) is 5.75 Å². The second-order valence-electron chi connectivity index (χ2n) is 5.98. The SMILES string of the molecule is CCNCC1CCC(C)CC1c1cc(Cl)ccc1OC. The van der Waals surface area contributed by atoms with Crippen molar-refractivity contribution in [2.75, 3.05) is 20.2 Å². The fraction of sp³-hybridized carbons (Fsp3) is 0.647. The van der Waals surface area contributed by atoms with Crippen LogP contribution in [0.15, 0.2) is 18.2 Å². The minimum atomic E-state index is 0.548. The number of hydrogen-bond donors (Lipinski definition) is 1. The van der Waals surface area contributed by atoms with Gasteiger partial charge < -0.3 is 10.1 Å². The summed E-state index contributed by atoms with van der Waals surface area (Å²) < 4.78 is 5.56. The Morgan fingerprint density at radius 1 is 1.35 bits per heavy atom. The van der Waals surface area contributed by atoms with Crippen LogP contribution in [0.3, 0.4) is 0 Å². The predicted octanol–water partition coefficient (Wildman–Crippen LogP) is 4.48. The molecule has 0 aliphatic heterocycles. The molecule has 1 fully saturated rings. The number of ether oxygens (including phenoxy) is 1. The van der Waals surface area contributed by atoms with Gasteiger partial charge in [-0.1, -0.05) is 31.9 Å². The summed E-state index contributed by atoms with van der Waals surface area (Å²) in [5.74, 6) is 2.99. The molecule has 112 valence electrons. The molecule has 3 heteroatoms. The summed E-state index contributed by atoms with van der Waals surface area (Å²) in [4.78, 5) is 0. The van der Waals surface area contributed by atoms with E-state index in [0.717, 1.165) is 29.8 Å². The van der Waals surface area contributed by atoms with Crippen LogP contribution in [0.1, 0.15) is 44.6 Å². The van der Waals surface area contributed by atoms with E-state index in [-0.39, 0.29) is 0 Å². The van der Waals surface area contributed by atoms with E-state index >= 15 is 0 Å². The van der Waals surface area contributed by atoms with Crippen molar-refractivity contribution >= 4 is 11.6 Å². The Hall–Kier alpha value is -0.730. The maximum Gasteiger partial charge on any atom is 0.122 e. The summed E-state index contributed by atoms with van der Waals surface area (Å²) in [5.41, 5.74) is 1.29. The lowest BCUT2D eigenvalue weighted by Crippen LogP contribution is -2.31. The first kappa shape index (κ1) is 15.7. The van der Waals surface area contributed by atoms with Crippen LogP contribution < -0.4 is 10.1 Å². The standard InChI is InChI=1S/C17H26ClNO/c1-4-19-11-13-6-5-12(2)9-15(13)16-10-14(18)7-8-17(16)20-3/h7-8,10,12-13,15,19H,4-6,9,11H2,1-3H3. The smallest absolute Gasteiger partial charge is 0.122 e. The molecule has 1 aliphatic rings. The van der Waals surface area contributed by atoms with Crippen LogP contribution >= 0.6 is 11.6 Å². The number of methoxy groups -OCH3 is 1. The first-order valence-electron chi connectivity index (χ1n) is 7.69. The van der Waals surface area contributed by atoms with Crippen LogP contribution in [0, 0.1) is 11.8 Å². The summed E-state index contributed by atoms with van der Waals surface area (Å²) in [5, 5.41) is 4.32. The summed E-state index contributed by atoms with van der Waals surface area (Å²) in [6, 6.07) is 6.01. The van der Waals surface area contributed by atoms with Gasteiger partial charge in [0.05, 0.1) is 7.11 Å². The van der Waals surface area contributed by atoms with E-state index in [9.17, 15) is 0 Å². The number of halogens is 1. The van der Waals surface area contributed by atoms with E-state index in [0.29, 0.717) is 11.8 Å². The van der Waals surface area contributed by atoms with Gasteiger partial charge in [-0.25, -0.2) is 0 Å². The van der Waals surface area contributed by atoms with Crippen molar-refractivity contribution in [2.24, 2.45) is 11.8 Å². The largest absolute Gasteiger partial charge is 0.496 e. The molecule has 0 radical (unpaired) electrons. The Kier molecular flexibility index (Phi) is 5.74. The van der Waals surface area contributed by atoms with Gasteiger partial charge in [-0.3, -0.25) is 0 Å². The third-order valence-corrected chi connectivity index (χ3v) is 4.74. The average molecular weight is 296 g/mol. The lowest BCUT2D eigenvalue weighted by Gasteiger charge is -2.36. The zero-order valence-electron chi connectivity index (χ0n) is 12.8. The molecule has 20 heavy (non-hydrogen) atoms. The molecule has 3 atom stereocenters. The van der Waals surface area contributed by atoms with Gasteiger partial charge in [-0.05, 0) is 67.4 Å². The Morgan fingerprint density at radius 2 is 2.15 bits per heavy atom. The van der Waals surface area contributed by atoms with E-state index in [1.807, 2.05) is 12.1 Å². The highest BCUT2D eigenvalue weighted by Gasteiger charge is 2.31. The molecule has 1 aromatic rings. The van der Waals surface area contributed by atoms with Crippen molar-refractivity contribution in [1.29, 1.82) is 0 Å². The van der Waals surface area contributed by atoms with Crippen LogP contribution in [-0.2, 0) is 0 Å². The molecule has 1 saturated carbocycles. The fourth-order valence-corrected chi connectivity index (χ4v) is 3.57. The van der Waals surface area contributed by atoms with Gasteiger partial charge in [0.15, 0.2) is 0 Å².